The van der Waals surface area contributed by atoms with Gasteiger partial charge in [0.2, 0.25) is 0 Å². The lowest BCUT2D eigenvalue weighted by Crippen LogP contribution is -2.30. The third kappa shape index (κ3) is 46.7. The van der Waals surface area contributed by atoms with Gasteiger partial charge in [0.05, 0.1) is 0 Å². The first-order valence-corrected chi connectivity index (χ1v) is 26.0. The van der Waals surface area contributed by atoms with E-state index in [1.165, 1.54) is 161 Å². The van der Waals surface area contributed by atoms with Crippen LogP contribution >= 0.6 is 0 Å². The van der Waals surface area contributed by atoms with Crippen LogP contribution in [0.1, 0.15) is 271 Å². The van der Waals surface area contributed by atoms with Gasteiger partial charge < -0.3 is 14.2 Å². The minimum absolute atomic E-state index is 0.0701. The Balaban J connectivity index is 4.10. The highest BCUT2D eigenvalue weighted by Gasteiger charge is 2.19. The van der Waals surface area contributed by atoms with Crippen LogP contribution in [0.25, 0.3) is 0 Å². The van der Waals surface area contributed by atoms with Crippen LogP contribution in [0.3, 0.4) is 0 Å². The van der Waals surface area contributed by atoms with Gasteiger partial charge in [0.15, 0.2) is 6.10 Å². The third-order valence-corrected chi connectivity index (χ3v) is 11.4. The molecule has 0 aromatic carbocycles. The summed E-state index contributed by atoms with van der Waals surface area (Å²) in [7, 11) is 0. The molecule has 0 amide bonds. The molecule has 350 valence electrons. The zero-order chi connectivity index (χ0) is 43.7. The van der Waals surface area contributed by atoms with Crippen molar-refractivity contribution in [3.8, 4) is 0 Å². The maximum absolute atomic E-state index is 12.7. The smallest absolute Gasteiger partial charge is 0.306 e. The van der Waals surface area contributed by atoms with Gasteiger partial charge in [0, 0.05) is 19.3 Å². The SMILES string of the molecule is CCCCCCC/C=C\C/C=C\C/C=C\CCCCCCCCCCCCC(=O)OCC(COC(=O)CCCCCCCCCC)OC(=O)CCCCCCCCCCC. The van der Waals surface area contributed by atoms with Gasteiger partial charge in [-0.1, -0.05) is 231 Å². The van der Waals surface area contributed by atoms with Gasteiger partial charge in [-0.3, -0.25) is 14.4 Å². The topological polar surface area (TPSA) is 78.9 Å². The van der Waals surface area contributed by atoms with Crippen molar-refractivity contribution in [1.29, 1.82) is 0 Å². The summed E-state index contributed by atoms with van der Waals surface area (Å²) in [4.78, 5) is 37.7. The number of hydrogen-bond acceptors (Lipinski definition) is 6. The molecule has 0 saturated carbocycles. The maximum atomic E-state index is 12.7. The third-order valence-electron chi connectivity index (χ3n) is 11.4. The largest absolute Gasteiger partial charge is 0.462 e. The number of allylic oxidation sites excluding steroid dienone is 6. The first kappa shape index (κ1) is 57.6. The number of unbranched alkanes of at least 4 members (excludes halogenated alkanes) is 30. The summed E-state index contributed by atoms with van der Waals surface area (Å²) >= 11 is 0. The summed E-state index contributed by atoms with van der Waals surface area (Å²) < 4.78 is 16.7. The Morgan fingerprint density at radius 1 is 0.333 bits per heavy atom. The van der Waals surface area contributed by atoms with E-state index in [0.29, 0.717) is 19.3 Å². The summed E-state index contributed by atoms with van der Waals surface area (Å²) in [6.45, 7) is 6.59. The first-order chi connectivity index (χ1) is 29.5. The lowest BCUT2D eigenvalue weighted by molar-refractivity contribution is -0.167. The van der Waals surface area contributed by atoms with Gasteiger partial charge in [-0.2, -0.15) is 0 Å². The molecule has 0 aliphatic rings. The minimum atomic E-state index is -0.765. The van der Waals surface area contributed by atoms with Gasteiger partial charge in [0.1, 0.15) is 13.2 Å². The van der Waals surface area contributed by atoms with E-state index < -0.39 is 6.10 Å². The second-order valence-electron chi connectivity index (χ2n) is 17.4. The normalized spacial score (nSPS) is 12.2. The minimum Gasteiger partial charge on any atom is -0.462 e. The summed E-state index contributed by atoms with van der Waals surface area (Å²) in [6, 6.07) is 0. The number of carbonyl (C=O) groups excluding carboxylic acids is 3. The van der Waals surface area contributed by atoms with Crippen molar-refractivity contribution in [1.82, 2.24) is 0 Å². The van der Waals surface area contributed by atoms with Crippen LogP contribution in [-0.2, 0) is 28.6 Å². The number of rotatable bonds is 47. The Kier molecular flexibility index (Phi) is 47.3. The van der Waals surface area contributed by atoms with Gasteiger partial charge in [0.25, 0.3) is 0 Å². The maximum Gasteiger partial charge on any atom is 0.306 e. The Bertz CT molecular complexity index is 1020. The predicted octanol–water partition coefficient (Wildman–Crippen LogP) is 16.9. The molecule has 1 atom stereocenters. The van der Waals surface area contributed by atoms with Crippen molar-refractivity contribution in [3.63, 3.8) is 0 Å². The van der Waals surface area contributed by atoms with Gasteiger partial charge in [-0.15, -0.1) is 0 Å². The predicted molar refractivity (Wildman–Crippen MR) is 256 cm³/mol. The lowest BCUT2D eigenvalue weighted by atomic mass is 10.1. The Labute approximate surface area is 372 Å². The quantitative estimate of drug-likeness (QED) is 0.0263. The van der Waals surface area contributed by atoms with E-state index >= 15 is 0 Å². The second kappa shape index (κ2) is 49.3. The molecule has 0 radical (unpaired) electrons. The standard InChI is InChI=1S/C54H98O6/c1-4-7-10-13-16-19-20-21-22-23-24-25-26-27-28-29-30-31-32-33-34-36-38-41-44-47-53(56)59-50-51(49-58-52(55)46-43-40-37-18-15-12-9-6-3)60-54(57)48-45-42-39-35-17-14-11-8-5-2/h20-21,23-24,26-27,51H,4-19,22,25,28-50H2,1-3H3/b21-20-,24-23-,27-26-. The van der Waals surface area contributed by atoms with Crippen LogP contribution in [0.2, 0.25) is 0 Å². The van der Waals surface area contributed by atoms with Gasteiger partial charge in [-0.05, 0) is 57.8 Å². The monoisotopic (exact) mass is 843 g/mol. The van der Waals surface area contributed by atoms with Crippen molar-refractivity contribution in [2.75, 3.05) is 13.2 Å². The van der Waals surface area contributed by atoms with Gasteiger partial charge in [-0.25, -0.2) is 0 Å². The van der Waals surface area contributed by atoms with E-state index in [-0.39, 0.29) is 31.1 Å². The Morgan fingerprint density at radius 2 is 0.600 bits per heavy atom. The molecule has 0 aliphatic heterocycles. The molecule has 1 unspecified atom stereocenters. The van der Waals surface area contributed by atoms with E-state index in [1.54, 1.807) is 0 Å². The molecule has 6 nitrogen and oxygen atoms in total. The molecule has 0 aromatic heterocycles. The van der Waals surface area contributed by atoms with E-state index in [0.717, 1.165) is 70.6 Å². The van der Waals surface area contributed by atoms with Crippen molar-refractivity contribution >= 4 is 17.9 Å². The summed E-state index contributed by atoms with van der Waals surface area (Å²) in [5, 5.41) is 0. The van der Waals surface area contributed by atoms with Gasteiger partial charge >= 0.3 is 17.9 Å². The number of ether oxygens (including phenoxy) is 3. The first-order valence-electron chi connectivity index (χ1n) is 26.0. The fourth-order valence-corrected chi connectivity index (χ4v) is 7.45. The van der Waals surface area contributed by atoms with Crippen LogP contribution in [0, 0.1) is 0 Å². The molecule has 6 heteroatoms. The number of esters is 3. The van der Waals surface area contributed by atoms with E-state index in [2.05, 4.69) is 57.2 Å². The molecule has 0 N–H and O–H groups in total. The molecule has 0 rings (SSSR count). The fourth-order valence-electron chi connectivity index (χ4n) is 7.45. The van der Waals surface area contributed by atoms with Crippen molar-refractivity contribution < 1.29 is 28.6 Å². The summed E-state index contributed by atoms with van der Waals surface area (Å²) in [5.74, 6) is -0.874. The average molecular weight is 843 g/mol. The van der Waals surface area contributed by atoms with Crippen molar-refractivity contribution in [2.24, 2.45) is 0 Å². The number of hydrogen-bond donors (Lipinski definition) is 0. The second-order valence-corrected chi connectivity index (χ2v) is 17.4. The zero-order valence-electron chi connectivity index (χ0n) is 40.0. The van der Waals surface area contributed by atoms with E-state index in [1.807, 2.05) is 0 Å². The molecule has 0 fully saturated rings. The molecule has 0 heterocycles. The van der Waals surface area contributed by atoms with E-state index in [9.17, 15) is 14.4 Å². The molecule has 0 bridgehead atoms. The summed E-state index contributed by atoms with van der Waals surface area (Å²) in [5.41, 5.74) is 0. The van der Waals surface area contributed by atoms with Crippen molar-refractivity contribution in [3.05, 3.63) is 36.5 Å². The van der Waals surface area contributed by atoms with Crippen molar-refractivity contribution in [2.45, 2.75) is 277 Å². The highest BCUT2D eigenvalue weighted by molar-refractivity contribution is 5.71. The molecule has 0 spiro atoms. The molecule has 0 aliphatic carbocycles. The van der Waals surface area contributed by atoms with E-state index in [4.69, 9.17) is 14.2 Å². The highest BCUT2D eigenvalue weighted by atomic mass is 16.6. The number of carbonyl (C=O) groups is 3. The van der Waals surface area contributed by atoms with Crippen LogP contribution in [0.5, 0.6) is 0 Å². The molecular formula is C54H98O6. The van der Waals surface area contributed by atoms with Crippen LogP contribution in [0.4, 0.5) is 0 Å². The summed E-state index contributed by atoms with van der Waals surface area (Å²) in [6.07, 6.45) is 57.2. The van der Waals surface area contributed by atoms with Crippen LogP contribution < -0.4 is 0 Å². The fraction of sp³-hybridized carbons (Fsp3) is 0.833. The average Bonchev–Trinajstić information content (AvgIpc) is 3.24. The molecular weight excluding hydrogens is 745 g/mol. The lowest BCUT2D eigenvalue weighted by Gasteiger charge is -2.18. The molecule has 0 aromatic rings. The molecule has 60 heavy (non-hydrogen) atoms. The Hall–Kier alpha value is -2.37. The molecule has 0 saturated heterocycles. The van der Waals surface area contributed by atoms with Crippen LogP contribution in [-0.4, -0.2) is 37.2 Å². The zero-order valence-corrected chi connectivity index (χ0v) is 40.0. The van der Waals surface area contributed by atoms with Crippen LogP contribution in [0.15, 0.2) is 36.5 Å². The highest BCUT2D eigenvalue weighted by Crippen LogP contribution is 2.15. The Morgan fingerprint density at radius 3 is 0.933 bits per heavy atom.